The second kappa shape index (κ2) is 4.57. The van der Waals surface area contributed by atoms with Gasteiger partial charge in [-0.1, -0.05) is 0 Å². The van der Waals surface area contributed by atoms with Gasteiger partial charge in [0.2, 0.25) is 0 Å². The van der Waals surface area contributed by atoms with E-state index in [0.717, 1.165) is 0 Å². The average molecular weight is 232 g/mol. The van der Waals surface area contributed by atoms with Crippen molar-refractivity contribution in [2.24, 2.45) is 5.90 Å². The molecule has 1 aliphatic heterocycles. The molecule has 1 unspecified atom stereocenters. The van der Waals surface area contributed by atoms with Crippen LogP contribution in [0.1, 0.15) is 27.2 Å². The molecule has 3 N–H and O–H groups in total. The number of hydrogen-bond donors (Lipinski definition) is 2. The van der Waals surface area contributed by atoms with Gasteiger partial charge in [-0.05, 0) is 27.2 Å². The van der Waals surface area contributed by atoms with Crippen LogP contribution in [0.25, 0.3) is 0 Å². The number of nitrogens with zero attached hydrogens (tertiary/aromatic N) is 1. The fourth-order valence-corrected chi connectivity index (χ4v) is 1.61. The second-order valence-corrected chi connectivity index (χ2v) is 5.19. The highest BCUT2D eigenvalue weighted by Gasteiger charge is 2.39. The van der Waals surface area contributed by atoms with Crippen molar-refractivity contribution in [3.63, 3.8) is 0 Å². The molecule has 1 aliphatic rings. The molecule has 0 saturated carbocycles. The van der Waals surface area contributed by atoms with Crippen molar-refractivity contribution in [1.82, 2.24) is 4.90 Å². The smallest absolute Gasteiger partial charge is 0.410 e. The lowest BCUT2D eigenvalue weighted by atomic mass is 10.1. The van der Waals surface area contributed by atoms with Crippen molar-refractivity contribution >= 4 is 6.09 Å². The van der Waals surface area contributed by atoms with Crippen LogP contribution in [0.2, 0.25) is 0 Å². The summed E-state index contributed by atoms with van der Waals surface area (Å²) in [4.78, 5) is 17.6. The number of ether oxygens (including phenoxy) is 1. The van der Waals surface area contributed by atoms with Crippen LogP contribution in [-0.4, -0.2) is 47.0 Å². The zero-order chi connectivity index (χ0) is 12.4. The summed E-state index contributed by atoms with van der Waals surface area (Å²) in [6.07, 6.45) is 0.0316. The summed E-state index contributed by atoms with van der Waals surface area (Å²) in [5.41, 5.74) is -1.58. The van der Waals surface area contributed by atoms with E-state index in [1.165, 1.54) is 4.90 Å². The van der Waals surface area contributed by atoms with Gasteiger partial charge in [-0.25, -0.2) is 10.7 Å². The molecule has 1 atom stereocenters. The van der Waals surface area contributed by atoms with Crippen LogP contribution in [-0.2, 0) is 9.57 Å². The first-order valence-corrected chi connectivity index (χ1v) is 5.28. The van der Waals surface area contributed by atoms with Gasteiger partial charge in [0.1, 0.15) is 11.2 Å². The number of rotatable bonds is 2. The zero-order valence-corrected chi connectivity index (χ0v) is 10.0. The Labute approximate surface area is 95.3 Å². The average Bonchev–Trinajstić information content (AvgIpc) is 2.45. The van der Waals surface area contributed by atoms with E-state index < -0.39 is 17.3 Å². The minimum absolute atomic E-state index is 0.0201. The van der Waals surface area contributed by atoms with Gasteiger partial charge in [0.05, 0.1) is 13.2 Å². The Morgan fingerprint density at radius 1 is 1.56 bits per heavy atom. The van der Waals surface area contributed by atoms with Crippen LogP contribution in [0.3, 0.4) is 0 Å². The van der Waals surface area contributed by atoms with Gasteiger partial charge >= 0.3 is 6.09 Å². The van der Waals surface area contributed by atoms with E-state index in [0.29, 0.717) is 13.0 Å². The van der Waals surface area contributed by atoms with E-state index in [4.69, 9.17) is 10.6 Å². The Bertz CT molecular complexity index is 264. The van der Waals surface area contributed by atoms with Gasteiger partial charge < -0.3 is 19.6 Å². The third-order valence-corrected chi connectivity index (χ3v) is 2.34. The predicted molar refractivity (Wildman–Crippen MR) is 57.5 cm³/mol. The summed E-state index contributed by atoms with van der Waals surface area (Å²) >= 11 is 0. The molecule has 0 aromatic heterocycles. The third-order valence-electron chi connectivity index (χ3n) is 2.34. The summed E-state index contributed by atoms with van der Waals surface area (Å²) < 4.78 is 5.20. The Balaban J connectivity index is 2.50. The minimum atomic E-state index is -1.05. The van der Waals surface area contributed by atoms with Gasteiger partial charge in [0.15, 0.2) is 0 Å². The molecule has 94 valence electrons. The maximum Gasteiger partial charge on any atom is 0.410 e. The Hall–Kier alpha value is -0.850. The minimum Gasteiger partial charge on any atom is -0.444 e. The molecule has 0 spiro atoms. The van der Waals surface area contributed by atoms with E-state index in [-0.39, 0.29) is 13.2 Å². The van der Waals surface area contributed by atoms with Gasteiger partial charge in [-0.15, -0.1) is 0 Å². The van der Waals surface area contributed by atoms with Crippen LogP contribution in [0.15, 0.2) is 0 Å². The van der Waals surface area contributed by atoms with Gasteiger partial charge in [0, 0.05) is 6.54 Å². The van der Waals surface area contributed by atoms with Crippen LogP contribution in [0.5, 0.6) is 0 Å². The molecule has 6 nitrogen and oxygen atoms in total. The van der Waals surface area contributed by atoms with E-state index in [9.17, 15) is 9.90 Å². The molecule has 1 rings (SSSR count). The summed E-state index contributed by atoms with van der Waals surface area (Å²) in [5, 5.41) is 9.95. The lowest BCUT2D eigenvalue weighted by molar-refractivity contribution is -0.0416. The van der Waals surface area contributed by atoms with Gasteiger partial charge in [-0.2, -0.15) is 0 Å². The lowest BCUT2D eigenvalue weighted by Gasteiger charge is -2.25. The standard InChI is InChI=1S/C10H20N2O4/c1-9(2,3)16-8(13)12-5-4-10(14,6-12)7-15-11/h14H,4-7,11H2,1-3H3. The highest BCUT2D eigenvalue weighted by Crippen LogP contribution is 2.23. The van der Waals surface area contributed by atoms with Crippen LogP contribution >= 0.6 is 0 Å². The first kappa shape index (κ1) is 13.2. The molecule has 0 aromatic carbocycles. The van der Waals surface area contributed by atoms with Gasteiger partial charge in [-0.3, -0.25) is 0 Å². The van der Waals surface area contributed by atoms with E-state index in [1.54, 1.807) is 20.8 Å². The molecule has 1 amide bonds. The largest absolute Gasteiger partial charge is 0.444 e. The van der Waals surface area contributed by atoms with Crippen LogP contribution in [0, 0.1) is 0 Å². The van der Waals surface area contributed by atoms with Crippen molar-refractivity contribution < 1.29 is 19.5 Å². The van der Waals surface area contributed by atoms with E-state index in [1.807, 2.05) is 0 Å². The Morgan fingerprint density at radius 2 is 2.19 bits per heavy atom. The normalized spacial score (nSPS) is 25.9. The molecule has 1 fully saturated rings. The molecule has 1 heterocycles. The highest BCUT2D eigenvalue weighted by atomic mass is 16.6. The van der Waals surface area contributed by atoms with E-state index >= 15 is 0 Å². The fourth-order valence-electron chi connectivity index (χ4n) is 1.61. The molecule has 0 bridgehead atoms. The predicted octanol–water partition coefficient (Wildman–Crippen LogP) is 0.249. The number of likely N-dealkylation sites (tertiary alicyclic amines) is 1. The quantitative estimate of drug-likeness (QED) is 0.666. The maximum atomic E-state index is 11.7. The van der Waals surface area contributed by atoms with Crippen molar-refractivity contribution in [3.05, 3.63) is 0 Å². The topological polar surface area (TPSA) is 85.0 Å². The molecule has 0 aliphatic carbocycles. The molecule has 0 aromatic rings. The molecule has 6 heteroatoms. The molecule has 1 saturated heterocycles. The van der Waals surface area contributed by atoms with Crippen molar-refractivity contribution in [3.8, 4) is 0 Å². The first-order chi connectivity index (χ1) is 7.26. The molecular formula is C10H20N2O4. The molecule has 16 heavy (non-hydrogen) atoms. The Morgan fingerprint density at radius 3 is 2.69 bits per heavy atom. The number of amides is 1. The zero-order valence-electron chi connectivity index (χ0n) is 10.0. The number of nitrogens with two attached hydrogens (primary N) is 1. The number of aliphatic hydroxyl groups is 1. The molecule has 0 radical (unpaired) electrons. The monoisotopic (exact) mass is 232 g/mol. The van der Waals surface area contributed by atoms with Gasteiger partial charge in [0.25, 0.3) is 0 Å². The summed E-state index contributed by atoms with van der Waals surface area (Å²) in [6.45, 7) is 6.07. The number of carbonyl (C=O) groups is 1. The Kier molecular flexibility index (Phi) is 3.77. The first-order valence-electron chi connectivity index (χ1n) is 5.28. The summed E-state index contributed by atoms with van der Waals surface area (Å²) in [5.74, 6) is 4.92. The molecular weight excluding hydrogens is 212 g/mol. The number of carbonyl (C=O) groups excluding carboxylic acids is 1. The van der Waals surface area contributed by atoms with Crippen LogP contribution in [0.4, 0.5) is 4.79 Å². The SMILES string of the molecule is CC(C)(C)OC(=O)N1CCC(O)(CON)C1. The number of β-amino-alcohol motifs (C(OH)–C–C–N with tert-alkyl or cyclic N) is 1. The lowest BCUT2D eigenvalue weighted by Crippen LogP contribution is -2.42. The van der Waals surface area contributed by atoms with Crippen molar-refractivity contribution in [2.75, 3.05) is 19.7 Å². The second-order valence-electron chi connectivity index (χ2n) is 5.19. The van der Waals surface area contributed by atoms with Crippen LogP contribution < -0.4 is 5.90 Å². The highest BCUT2D eigenvalue weighted by molar-refractivity contribution is 5.68. The van der Waals surface area contributed by atoms with Crippen molar-refractivity contribution in [1.29, 1.82) is 0 Å². The third kappa shape index (κ3) is 3.62. The maximum absolute atomic E-state index is 11.7. The van der Waals surface area contributed by atoms with E-state index in [2.05, 4.69) is 4.84 Å². The number of hydrogen-bond acceptors (Lipinski definition) is 5. The fraction of sp³-hybridized carbons (Fsp3) is 0.900. The summed E-state index contributed by atoms with van der Waals surface area (Å²) in [7, 11) is 0. The summed E-state index contributed by atoms with van der Waals surface area (Å²) in [6, 6.07) is 0. The van der Waals surface area contributed by atoms with Crippen molar-refractivity contribution in [2.45, 2.75) is 38.4 Å².